The summed E-state index contributed by atoms with van der Waals surface area (Å²) in [5.41, 5.74) is 26.6. The Morgan fingerprint density at radius 3 is 1.01 bits per heavy atom. The Hall–Kier alpha value is -8.15. The summed E-state index contributed by atoms with van der Waals surface area (Å²) < 4.78 is 0. The lowest BCUT2D eigenvalue weighted by molar-refractivity contribution is 1.31. The SMILES string of the molecule is C[Si](C)(C)C#Cc1cc2nc3c(nc2cc1C#C[Si](C)(C)C)-c1nc-3c(-c2ccccc2)c2ccc([nH]2)c(-c2ccccc2)c2nc(c(-c3ccccc3)c3ccc([nH]3)c1-c1ccccc1)C=C2. The molecule has 2 aliphatic heterocycles. The molecule has 2 aliphatic rings. The molecule has 6 nitrogen and oxygen atoms in total. The van der Waals surface area contributed by atoms with Gasteiger partial charge in [-0.05, 0) is 70.8 Å². The number of hydrogen-bond acceptors (Lipinski definition) is 4. The summed E-state index contributed by atoms with van der Waals surface area (Å²) in [6, 6.07) is 54.8. The van der Waals surface area contributed by atoms with E-state index < -0.39 is 16.1 Å². The summed E-state index contributed by atoms with van der Waals surface area (Å²) in [6.45, 7) is 13.6. The Morgan fingerprint density at radius 1 is 0.353 bits per heavy atom. The first-order valence-electron chi connectivity index (χ1n) is 23.1. The molecule has 0 aliphatic carbocycles. The van der Waals surface area contributed by atoms with E-state index in [-0.39, 0.29) is 0 Å². The van der Waals surface area contributed by atoms with E-state index in [4.69, 9.17) is 19.9 Å². The van der Waals surface area contributed by atoms with Crippen molar-refractivity contribution in [2.45, 2.75) is 39.3 Å². The zero-order valence-electron chi connectivity index (χ0n) is 39.0. The lowest BCUT2D eigenvalue weighted by Crippen LogP contribution is -2.17. The van der Waals surface area contributed by atoms with Gasteiger partial charge in [0.25, 0.3) is 0 Å². The number of rotatable bonds is 4. The highest BCUT2D eigenvalue weighted by Crippen LogP contribution is 2.46. The average Bonchev–Trinajstić information content (AvgIpc) is 4.18. The Balaban J connectivity index is 1.35. The van der Waals surface area contributed by atoms with E-state index in [1.807, 2.05) is 24.3 Å². The van der Waals surface area contributed by atoms with Gasteiger partial charge in [-0.3, -0.25) is 0 Å². The molecule has 0 spiro atoms. The van der Waals surface area contributed by atoms with Gasteiger partial charge in [0.1, 0.15) is 38.9 Å². The lowest BCUT2D eigenvalue weighted by atomic mass is 10.00. The Labute approximate surface area is 399 Å². The van der Waals surface area contributed by atoms with Gasteiger partial charge in [-0.25, -0.2) is 19.9 Å². The minimum atomic E-state index is -1.74. The molecular weight excluding hydrogens is 861 g/mol. The molecule has 0 saturated heterocycles. The van der Waals surface area contributed by atoms with Crippen molar-refractivity contribution >= 4 is 61.4 Å². The van der Waals surface area contributed by atoms with Gasteiger partial charge in [0.2, 0.25) is 0 Å². The molecule has 11 rings (SSSR count). The van der Waals surface area contributed by atoms with Crippen LogP contribution < -0.4 is 0 Å². The number of hydrogen-bond donors (Lipinski definition) is 2. The standard InChI is InChI=1S/C60H48N6Si2/c1-67(2,3)35-33-43-37-51-52(38-44(43)34-36-68(4,5)6)65-60-58-56(42-25-17-10-18-26-42)50-32-30-48(63-50)54(40-21-13-8-14-22-40)46-28-27-45(61-46)53(39-19-11-7-12-20-39)47-29-31-49(62-47)55(41-23-15-9-16-24-41)57(66-58)59(60)64-51/h7-32,37-38,62-63H,1-6H3. The predicted octanol–water partition coefficient (Wildman–Crippen LogP) is 14.9. The molecule has 8 bridgehead atoms. The number of nitrogens with zero attached hydrogens (tertiary/aromatic N) is 4. The topological polar surface area (TPSA) is 83.1 Å². The van der Waals surface area contributed by atoms with Crippen LogP contribution in [-0.4, -0.2) is 46.1 Å². The minimum absolute atomic E-state index is 0.697. The Morgan fingerprint density at radius 2 is 0.676 bits per heavy atom. The fourth-order valence-electron chi connectivity index (χ4n) is 8.87. The third-order valence-corrected chi connectivity index (χ3v) is 13.7. The molecule has 6 heterocycles. The summed E-state index contributed by atoms with van der Waals surface area (Å²) >= 11 is 0. The number of benzene rings is 5. The highest BCUT2D eigenvalue weighted by Gasteiger charge is 2.29. The van der Waals surface area contributed by atoms with Crippen molar-refractivity contribution in [2.75, 3.05) is 0 Å². The van der Waals surface area contributed by atoms with Crippen LogP contribution in [0, 0.1) is 22.9 Å². The molecule has 0 radical (unpaired) electrons. The van der Waals surface area contributed by atoms with Crippen LogP contribution >= 0.6 is 0 Å². The van der Waals surface area contributed by atoms with Gasteiger partial charge in [0.15, 0.2) is 0 Å². The van der Waals surface area contributed by atoms with Crippen LogP contribution in [-0.2, 0) is 0 Å². The van der Waals surface area contributed by atoms with Crippen LogP contribution in [0.1, 0.15) is 22.5 Å². The second kappa shape index (κ2) is 16.9. The van der Waals surface area contributed by atoms with Crippen LogP contribution in [0.2, 0.25) is 39.3 Å². The van der Waals surface area contributed by atoms with Crippen molar-refractivity contribution in [2.24, 2.45) is 0 Å². The Kier molecular flexibility index (Phi) is 10.6. The van der Waals surface area contributed by atoms with E-state index in [0.717, 1.165) is 112 Å². The zero-order valence-corrected chi connectivity index (χ0v) is 41.0. The first-order chi connectivity index (χ1) is 32.9. The smallest absolute Gasteiger partial charge is 0.129 e. The summed E-state index contributed by atoms with van der Waals surface area (Å²) in [4.78, 5) is 30.2. The quantitative estimate of drug-likeness (QED) is 0.136. The van der Waals surface area contributed by atoms with Crippen molar-refractivity contribution in [1.82, 2.24) is 29.9 Å². The first kappa shape index (κ1) is 42.5. The highest BCUT2D eigenvalue weighted by molar-refractivity contribution is 6.84. The van der Waals surface area contributed by atoms with Gasteiger partial charge in [0, 0.05) is 55.4 Å². The summed E-state index contributed by atoms with van der Waals surface area (Å²) in [5, 5.41) is 0. The van der Waals surface area contributed by atoms with Crippen molar-refractivity contribution in [3.8, 4) is 90.2 Å². The van der Waals surface area contributed by atoms with Gasteiger partial charge in [-0.15, -0.1) is 11.1 Å². The van der Waals surface area contributed by atoms with E-state index >= 15 is 0 Å². The molecule has 0 atom stereocenters. The monoisotopic (exact) mass is 908 g/mol. The molecule has 0 fully saturated rings. The molecule has 0 saturated carbocycles. The Bertz CT molecular complexity index is 3550. The fourth-order valence-corrected chi connectivity index (χ4v) is 9.89. The number of aromatic amines is 2. The number of nitrogens with one attached hydrogen (secondary N) is 2. The third-order valence-electron chi connectivity index (χ3n) is 11.9. The van der Waals surface area contributed by atoms with Gasteiger partial charge in [0.05, 0.1) is 22.4 Å². The maximum atomic E-state index is 5.76. The second-order valence-corrected chi connectivity index (χ2v) is 28.9. The summed E-state index contributed by atoms with van der Waals surface area (Å²) in [6.07, 6.45) is 4.27. The number of H-pyrrole nitrogens is 2. The van der Waals surface area contributed by atoms with Crippen molar-refractivity contribution in [3.63, 3.8) is 0 Å². The van der Waals surface area contributed by atoms with Crippen molar-refractivity contribution < 1.29 is 0 Å². The summed E-state index contributed by atoms with van der Waals surface area (Å²) in [7, 11) is -3.48. The first-order valence-corrected chi connectivity index (χ1v) is 30.1. The van der Waals surface area contributed by atoms with Gasteiger partial charge in [-0.1, -0.05) is 172 Å². The van der Waals surface area contributed by atoms with Gasteiger partial charge < -0.3 is 9.97 Å². The fraction of sp³-hybridized carbons (Fsp3) is 0.100. The molecular formula is C60H48N6Si2. The van der Waals surface area contributed by atoms with Gasteiger partial charge >= 0.3 is 0 Å². The van der Waals surface area contributed by atoms with E-state index in [0.29, 0.717) is 11.4 Å². The zero-order chi connectivity index (χ0) is 46.6. The largest absolute Gasteiger partial charge is 0.354 e. The molecule has 5 aromatic carbocycles. The second-order valence-electron chi connectivity index (χ2n) is 19.4. The highest BCUT2D eigenvalue weighted by atomic mass is 28.3. The third kappa shape index (κ3) is 8.22. The van der Waals surface area contributed by atoms with Crippen LogP contribution in [0.3, 0.4) is 0 Å². The maximum Gasteiger partial charge on any atom is 0.129 e. The summed E-state index contributed by atoms with van der Waals surface area (Å²) in [5.74, 6) is 7.12. The lowest BCUT2D eigenvalue weighted by Gasteiger charge is -2.10. The number of fused-ring (bicyclic) bond motifs is 12. The molecule has 0 amide bonds. The van der Waals surface area contributed by atoms with Crippen molar-refractivity contribution in [1.29, 1.82) is 0 Å². The molecule has 326 valence electrons. The van der Waals surface area contributed by atoms with Gasteiger partial charge in [-0.2, -0.15) is 0 Å². The van der Waals surface area contributed by atoms with Crippen LogP contribution in [0.5, 0.6) is 0 Å². The van der Waals surface area contributed by atoms with Crippen LogP contribution in [0.4, 0.5) is 0 Å². The van der Waals surface area contributed by atoms with E-state index in [1.54, 1.807) is 0 Å². The normalized spacial score (nSPS) is 12.0. The van der Waals surface area contributed by atoms with E-state index in [1.165, 1.54) is 0 Å². The molecule has 2 N–H and O–H groups in total. The van der Waals surface area contributed by atoms with Crippen LogP contribution in [0.25, 0.3) is 113 Å². The molecule has 9 aromatic rings. The van der Waals surface area contributed by atoms with E-state index in [9.17, 15) is 0 Å². The van der Waals surface area contributed by atoms with E-state index in [2.05, 4.69) is 218 Å². The number of aromatic nitrogens is 6. The predicted molar refractivity (Wildman–Crippen MR) is 290 cm³/mol. The minimum Gasteiger partial charge on any atom is -0.354 e. The molecule has 68 heavy (non-hydrogen) atoms. The van der Waals surface area contributed by atoms with Crippen molar-refractivity contribution in [3.05, 3.63) is 180 Å². The molecule has 8 heteroatoms. The maximum absolute atomic E-state index is 5.76. The average molecular weight is 909 g/mol. The van der Waals surface area contributed by atoms with Crippen LogP contribution in [0.15, 0.2) is 158 Å². The molecule has 4 aromatic heterocycles. The molecule has 0 unspecified atom stereocenters.